The SMILES string of the molecule is COc1cc(CC(=O)OCc2cc(=O)n3cccc(C)c3n2)cc(OC)c1OC. The maximum absolute atomic E-state index is 12.3. The molecule has 3 rings (SSSR count). The first-order valence-corrected chi connectivity index (χ1v) is 8.89. The van der Waals surface area contributed by atoms with Gasteiger partial charge < -0.3 is 18.9 Å². The van der Waals surface area contributed by atoms with Crippen molar-refractivity contribution >= 4 is 11.6 Å². The number of carbonyl (C=O) groups is 1. The van der Waals surface area contributed by atoms with E-state index in [1.807, 2.05) is 13.0 Å². The van der Waals surface area contributed by atoms with E-state index < -0.39 is 5.97 Å². The van der Waals surface area contributed by atoms with Crippen molar-refractivity contribution in [1.29, 1.82) is 0 Å². The van der Waals surface area contributed by atoms with Crippen LogP contribution in [0.3, 0.4) is 0 Å². The normalized spacial score (nSPS) is 10.6. The van der Waals surface area contributed by atoms with Crippen molar-refractivity contribution < 1.29 is 23.7 Å². The number of aryl methyl sites for hydroxylation is 1. The van der Waals surface area contributed by atoms with Crippen LogP contribution in [0.25, 0.3) is 5.65 Å². The van der Waals surface area contributed by atoms with E-state index in [4.69, 9.17) is 18.9 Å². The lowest BCUT2D eigenvalue weighted by Gasteiger charge is -2.14. The van der Waals surface area contributed by atoms with Crippen LogP contribution in [-0.4, -0.2) is 36.7 Å². The van der Waals surface area contributed by atoms with Crippen LogP contribution < -0.4 is 19.8 Å². The Balaban J connectivity index is 1.74. The molecular formula is C21H22N2O6. The van der Waals surface area contributed by atoms with Gasteiger partial charge in [0, 0.05) is 12.3 Å². The molecule has 8 heteroatoms. The second kappa shape index (κ2) is 8.64. The molecule has 0 bridgehead atoms. The highest BCUT2D eigenvalue weighted by Gasteiger charge is 2.16. The fourth-order valence-corrected chi connectivity index (χ4v) is 2.99. The molecule has 1 aromatic carbocycles. The zero-order valence-corrected chi connectivity index (χ0v) is 16.7. The van der Waals surface area contributed by atoms with Gasteiger partial charge in [0.15, 0.2) is 11.5 Å². The van der Waals surface area contributed by atoms with E-state index in [-0.39, 0.29) is 18.6 Å². The molecule has 0 saturated heterocycles. The lowest BCUT2D eigenvalue weighted by Crippen LogP contribution is -2.17. The van der Waals surface area contributed by atoms with Crippen LogP contribution in [-0.2, 0) is 22.6 Å². The van der Waals surface area contributed by atoms with Gasteiger partial charge in [0.25, 0.3) is 5.56 Å². The van der Waals surface area contributed by atoms with Crippen LogP contribution in [0.2, 0.25) is 0 Å². The Morgan fingerprint density at radius 3 is 2.38 bits per heavy atom. The van der Waals surface area contributed by atoms with Gasteiger partial charge in [-0.2, -0.15) is 0 Å². The number of carbonyl (C=O) groups excluding carboxylic acids is 1. The third-order valence-electron chi connectivity index (χ3n) is 4.39. The van der Waals surface area contributed by atoms with Crippen molar-refractivity contribution in [3.05, 3.63) is 63.7 Å². The fraction of sp³-hybridized carbons (Fsp3) is 0.286. The van der Waals surface area contributed by atoms with Gasteiger partial charge in [0.1, 0.15) is 12.3 Å². The predicted octanol–water partition coefficient (Wildman–Crippen LogP) is 2.31. The highest BCUT2D eigenvalue weighted by atomic mass is 16.5. The molecule has 0 spiro atoms. The molecule has 0 N–H and O–H groups in total. The van der Waals surface area contributed by atoms with Gasteiger partial charge in [0.2, 0.25) is 5.75 Å². The Hall–Kier alpha value is -3.55. The van der Waals surface area contributed by atoms with Crippen LogP contribution in [0, 0.1) is 6.92 Å². The standard InChI is InChI=1S/C21H22N2O6/c1-13-6-5-7-23-18(24)11-15(22-21(13)23)12-29-19(25)10-14-8-16(26-2)20(28-4)17(9-14)27-3/h5-9,11H,10,12H2,1-4H3. The predicted molar refractivity (Wildman–Crippen MR) is 106 cm³/mol. The van der Waals surface area contributed by atoms with Gasteiger partial charge >= 0.3 is 5.97 Å². The Labute approximate surface area is 167 Å². The van der Waals surface area contributed by atoms with Crippen LogP contribution >= 0.6 is 0 Å². The van der Waals surface area contributed by atoms with Crippen LogP contribution in [0.5, 0.6) is 17.2 Å². The van der Waals surface area contributed by atoms with E-state index in [0.29, 0.717) is 34.2 Å². The largest absolute Gasteiger partial charge is 0.493 e. The number of rotatable bonds is 7. The van der Waals surface area contributed by atoms with Crippen molar-refractivity contribution in [3.8, 4) is 17.2 Å². The van der Waals surface area contributed by atoms with Crippen molar-refractivity contribution in [2.24, 2.45) is 0 Å². The third kappa shape index (κ3) is 4.31. The second-order valence-corrected chi connectivity index (χ2v) is 6.34. The van der Waals surface area contributed by atoms with Crippen LogP contribution in [0.15, 0.2) is 41.3 Å². The molecule has 0 aliphatic rings. The maximum atomic E-state index is 12.3. The number of fused-ring (bicyclic) bond motifs is 1. The Morgan fingerprint density at radius 2 is 1.76 bits per heavy atom. The number of ether oxygens (including phenoxy) is 4. The monoisotopic (exact) mass is 398 g/mol. The van der Waals surface area contributed by atoms with Gasteiger partial charge in [-0.05, 0) is 36.2 Å². The van der Waals surface area contributed by atoms with Crippen molar-refractivity contribution in [3.63, 3.8) is 0 Å². The molecule has 0 fully saturated rings. The van der Waals surface area contributed by atoms with Gasteiger partial charge in [-0.1, -0.05) is 6.07 Å². The molecule has 0 aliphatic carbocycles. The minimum absolute atomic E-state index is 0.00229. The summed E-state index contributed by atoms with van der Waals surface area (Å²) in [5.74, 6) is 0.887. The summed E-state index contributed by atoms with van der Waals surface area (Å²) in [6.45, 7) is 1.77. The summed E-state index contributed by atoms with van der Waals surface area (Å²) < 4.78 is 22.6. The molecule has 152 valence electrons. The molecule has 0 aliphatic heterocycles. The first kappa shape index (κ1) is 20.2. The van der Waals surface area contributed by atoms with E-state index in [2.05, 4.69) is 4.98 Å². The zero-order chi connectivity index (χ0) is 21.0. The highest BCUT2D eigenvalue weighted by molar-refractivity contribution is 5.73. The van der Waals surface area contributed by atoms with Crippen molar-refractivity contribution in [1.82, 2.24) is 9.38 Å². The Morgan fingerprint density at radius 1 is 1.07 bits per heavy atom. The van der Waals surface area contributed by atoms with Gasteiger partial charge in [0.05, 0.1) is 33.4 Å². The summed E-state index contributed by atoms with van der Waals surface area (Å²) in [7, 11) is 4.52. The lowest BCUT2D eigenvalue weighted by atomic mass is 10.1. The van der Waals surface area contributed by atoms with E-state index >= 15 is 0 Å². The quantitative estimate of drug-likeness (QED) is 0.564. The molecular weight excluding hydrogens is 376 g/mol. The number of esters is 1. The summed E-state index contributed by atoms with van der Waals surface area (Å²) >= 11 is 0. The number of nitrogens with zero attached hydrogens (tertiary/aromatic N) is 2. The number of pyridine rings is 1. The number of aromatic nitrogens is 2. The molecule has 3 aromatic rings. The highest BCUT2D eigenvalue weighted by Crippen LogP contribution is 2.38. The number of hydrogen-bond acceptors (Lipinski definition) is 7. The van der Waals surface area contributed by atoms with Gasteiger partial charge in [-0.3, -0.25) is 14.0 Å². The van der Waals surface area contributed by atoms with E-state index in [9.17, 15) is 9.59 Å². The molecule has 0 amide bonds. The van der Waals surface area contributed by atoms with E-state index in [1.165, 1.54) is 31.8 Å². The molecule has 0 saturated carbocycles. The van der Waals surface area contributed by atoms with E-state index in [0.717, 1.165) is 5.56 Å². The summed E-state index contributed by atoms with van der Waals surface area (Å²) in [5, 5.41) is 0. The fourth-order valence-electron chi connectivity index (χ4n) is 2.99. The van der Waals surface area contributed by atoms with E-state index in [1.54, 1.807) is 24.4 Å². The number of hydrogen-bond donors (Lipinski definition) is 0. The second-order valence-electron chi connectivity index (χ2n) is 6.34. The number of benzene rings is 1. The molecule has 8 nitrogen and oxygen atoms in total. The average Bonchev–Trinajstić information content (AvgIpc) is 2.72. The Bertz CT molecular complexity index is 1080. The summed E-state index contributed by atoms with van der Waals surface area (Å²) in [5.41, 5.74) is 2.20. The summed E-state index contributed by atoms with van der Waals surface area (Å²) in [4.78, 5) is 29.0. The number of methoxy groups -OCH3 is 3. The van der Waals surface area contributed by atoms with Crippen molar-refractivity contribution in [2.75, 3.05) is 21.3 Å². The summed E-state index contributed by atoms with van der Waals surface area (Å²) in [6, 6.07) is 8.38. The lowest BCUT2D eigenvalue weighted by molar-refractivity contribution is -0.144. The first-order valence-electron chi connectivity index (χ1n) is 8.89. The molecule has 0 atom stereocenters. The maximum Gasteiger partial charge on any atom is 0.310 e. The van der Waals surface area contributed by atoms with Crippen LogP contribution in [0.1, 0.15) is 16.8 Å². The van der Waals surface area contributed by atoms with Crippen LogP contribution in [0.4, 0.5) is 0 Å². The smallest absolute Gasteiger partial charge is 0.310 e. The Kier molecular flexibility index (Phi) is 6.01. The van der Waals surface area contributed by atoms with Gasteiger partial charge in [-0.15, -0.1) is 0 Å². The molecule has 0 radical (unpaired) electrons. The van der Waals surface area contributed by atoms with Gasteiger partial charge in [-0.25, -0.2) is 4.98 Å². The molecule has 0 unspecified atom stereocenters. The zero-order valence-electron chi connectivity index (χ0n) is 16.7. The molecule has 2 heterocycles. The first-order chi connectivity index (χ1) is 14.0. The molecule has 2 aromatic heterocycles. The minimum Gasteiger partial charge on any atom is -0.493 e. The topological polar surface area (TPSA) is 88.4 Å². The minimum atomic E-state index is -0.467. The summed E-state index contributed by atoms with van der Waals surface area (Å²) in [6.07, 6.45) is 1.65. The van der Waals surface area contributed by atoms with Crippen molar-refractivity contribution in [2.45, 2.75) is 20.0 Å². The molecule has 29 heavy (non-hydrogen) atoms. The average molecular weight is 398 g/mol. The third-order valence-corrected chi connectivity index (χ3v) is 4.39.